The fourth-order valence-corrected chi connectivity index (χ4v) is 2.52. The number of nitrogens with one attached hydrogen (secondary N) is 4. The van der Waals surface area contributed by atoms with Gasteiger partial charge in [0, 0.05) is 24.7 Å². The highest BCUT2D eigenvalue weighted by Crippen LogP contribution is 2.04. The van der Waals surface area contributed by atoms with Crippen molar-refractivity contribution in [2.24, 2.45) is 11.5 Å². The molecule has 1 heterocycles. The molecule has 0 saturated carbocycles. The second-order valence-corrected chi connectivity index (χ2v) is 7.24. The number of aliphatic hydroxyl groups excluding tert-OH is 1. The number of aromatic amines is 1. The van der Waals surface area contributed by atoms with Gasteiger partial charge in [0.2, 0.25) is 23.6 Å². The fraction of sp³-hybridized carbons (Fsp3) is 0.556. The maximum absolute atomic E-state index is 12.9. The first-order chi connectivity index (χ1) is 14.9. The third-order valence-electron chi connectivity index (χ3n) is 4.48. The molecule has 5 unspecified atom stereocenters. The molecule has 0 fully saturated rings. The maximum Gasteiger partial charge on any atom is 0.325 e. The van der Waals surface area contributed by atoms with Gasteiger partial charge < -0.3 is 42.6 Å². The van der Waals surface area contributed by atoms with E-state index in [1.165, 1.54) is 26.4 Å². The lowest BCUT2D eigenvalue weighted by Gasteiger charge is -2.25. The van der Waals surface area contributed by atoms with Gasteiger partial charge in [-0.15, -0.1) is 0 Å². The zero-order valence-electron chi connectivity index (χ0n) is 17.7. The van der Waals surface area contributed by atoms with Gasteiger partial charge in [-0.2, -0.15) is 0 Å². The molecule has 178 valence electrons. The zero-order chi connectivity index (χ0) is 24.4. The van der Waals surface area contributed by atoms with E-state index in [0.29, 0.717) is 5.69 Å². The molecule has 0 aromatic carbocycles. The highest BCUT2D eigenvalue weighted by atomic mass is 16.4. The molecule has 0 radical (unpaired) electrons. The van der Waals surface area contributed by atoms with Gasteiger partial charge in [-0.3, -0.25) is 24.0 Å². The van der Waals surface area contributed by atoms with Gasteiger partial charge in [0.25, 0.3) is 0 Å². The molecule has 0 aliphatic carbocycles. The van der Waals surface area contributed by atoms with Crippen LogP contribution in [0.4, 0.5) is 0 Å². The van der Waals surface area contributed by atoms with Crippen LogP contribution in [0, 0.1) is 0 Å². The van der Waals surface area contributed by atoms with E-state index in [1.54, 1.807) is 0 Å². The number of hydrogen-bond donors (Lipinski definition) is 8. The molecule has 1 rings (SSSR count). The van der Waals surface area contributed by atoms with Crippen molar-refractivity contribution in [1.82, 2.24) is 25.9 Å². The Morgan fingerprint density at radius 1 is 1.06 bits per heavy atom. The predicted molar refractivity (Wildman–Crippen MR) is 109 cm³/mol. The topological polar surface area (TPSA) is 243 Å². The van der Waals surface area contributed by atoms with Crippen LogP contribution in [0.5, 0.6) is 0 Å². The number of aliphatic carboxylic acids is 1. The summed E-state index contributed by atoms with van der Waals surface area (Å²) in [6, 6.07) is -5.09. The predicted octanol–water partition coefficient (Wildman–Crippen LogP) is -3.52. The Morgan fingerprint density at radius 2 is 1.66 bits per heavy atom. The number of H-pyrrole nitrogens is 1. The largest absolute Gasteiger partial charge is 0.480 e. The molecular weight excluding hydrogens is 426 g/mol. The number of amides is 4. The molecule has 14 nitrogen and oxygen atoms in total. The number of carbonyl (C=O) groups excluding carboxylic acids is 4. The zero-order valence-corrected chi connectivity index (χ0v) is 17.7. The number of rotatable bonds is 13. The number of carboxylic acid groups (broad SMARTS) is 1. The summed E-state index contributed by atoms with van der Waals surface area (Å²) in [6.07, 6.45) is 1.09. The highest BCUT2D eigenvalue weighted by Gasteiger charge is 2.30. The van der Waals surface area contributed by atoms with Gasteiger partial charge in [-0.25, -0.2) is 4.98 Å². The fourth-order valence-electron chi connectivity index (χ4n) is 2.52. The molecule has 32 heavy (non-hydrogen) atoms. The summed E-state index contributed by atoms with van der Waals surface area (Å²) >= 11 is 0. The van der Waals surface area contributed by atoms with E-state index in [-0.39, 0.29) is 19.3 Å². The van der Waals surface area contributed by atoms with Crippen molar-refractivity contribution in [2.75, 3.05) is 0 Å². The lowest BCUT2D eigenvalue weighted by Crippen LogP contribution is -2.58. The van der Waals surface area contributed by atoms with Crippen molar-refractivity contribution in [3.8, 4) is 0 Å². The van der Waals surface area contributed by atoms with Crippen molar-refractivity contribution in [2.45, 2.75) is 63.4 Å². The summed E-state index contributed by atoms with van der Waals surface area (Å²) in [5.41, 5.74) is 11.2. The van der Waals surface area contributed by atoms with Crippen LogP contribution in [-0.2, 0) is 30.4 Å². The quantitative estimate of drug-likeness (QED) is 0.147. The number of aliphatic hydroxyl groups is 1. The van der Waals surface area contributed by atoms with E-state index in [2.05, 4.69) is 25.9 Å². The summed E-state index contributed by atoms with van der Waals surface area (Å²) in [4.78, 5) is 66.4. The Morgan fingerprint density at radius 3 is 2.16 bits per heavy atom. The minimum atomic E-state index is -1.31. The summed E-state index contributed by atoms with van der Waals surface area (Å²) in [6.45, 7) is 2.54. The van der Waals surface area contributed by atoms with Crippen molar-refractivity contribution in [3.63, 3.8) is 0 Å². The molecule has 0 spiro atoms. The summed E-state index contributed by atoms with van der Waals surface area (Å²) in [5, 5.41) is 25.5. The number of imidazole rings is 1. The molecular formula is C18H29N7O7. The van der Waals surface area contributed by atoms with Gasteiger partial charge in [-0.1, -0.05) is 0 Å². The highest BCUT2D eigenvalue weighted by molar-refractivity contribution is 5.94. The summed E-state index contributed by atoms with van der Waals surface area (Å²) < 4.78 is 0. The average Bonchev–Trinajstić information content (AvgIpc) is 3.22. The smallest absolute Gasteiger partial charge is 0.325 e. The lowest BCUT2D eigenvalue weighted by molar-refractivity contribution is -0.142. The van der Waals surface area contributed by atoms with Crippen LogP contribution in [-0.4, -0.2) is 80.1 Å². The van der Waals surface area contributed by atoms with E-state index < -0.39 is 59.9 Å². The number of nitrogens with two attached hydrogens (primary N) is 2. The number of aromatic nitrogens is 2. The molecule has 4 amide bonds. The van der Waals surface area contributed by atoms with Crippen molar-refractivity contribution in [1.29, 1.82) is 0 Å². The number of hydrogen-bond acceptors (Lipinski definition) is 8. The summed E-state index contributed by atoms with van der Waals surface area (Å²) in [5.74, 6) is -4.49. The third-order valence-corrected chi connectivity index (χ3v) is 4.48. The SMILES string of the molecule is CC(NC(=O)C(CCC(N)=O)NC(=O)C(Cc1cnc[nH]1)NC(=O)C(N)C(C)O)C(=O)O. The van der Waals surface area contributed by atoms with E-state index >= 15 is 0 Å². The molecule has 10 N–H and O–H groups in total. The molecule has 5 atom stereocenters. The molecule has 0 saturated heterocycles. The number of carboxylic acids is 1. The van der Waals surface area contributed by atoms with Crippen molar-refractivity contribution < 1.29 is 34.2 Å². The Kier molecular flexibility index (Phi) is 10.2. The standard InChI is InChI=1S/C18H29N7O7/c1-8(18(31)32)23-15(28)11(3-4-13(19)27)24-16(29)12(5-10-6-21-7-22-10)25-17(30)14(20)9(2)26/h6-9,11-12,14,26H,3-5,20H2,1-2H3,(H2,19,27)(H,21,22)(H,23,28)(H,24,29)(H,25,30)(H,31,32). The minimum absolute atomic E-state index is 0.0558. The maximum atomic E-state index is 12.9. The van der Waals surface area contributed by atoms with Gasteiger partial charge in [0.1, 0.15) is 24.2 Å². The van der Waals surface area contributed by atoms with E-state index in [9.17, 15) is 29.1 Å². The van der Waals surface area contributed by atoms with Gasteiger partial charge in [0.15, 0.2) is 0 Å². The Balaban J connectivity index is 3.02. The van der Waals surface area contributed by atoms with Gasteiger partial charge >= 0.3 is 5.97 Å². The lowest BCUT2D eigenvalue weighted by atomic mass is 10.1. The monoisotopic (exact) mass is 455 g/mol. The molecule has 0 aliphatic rings. The number of carbonyl (C=O) groups is 5. The first-order valence-electron chi connectivity index (χ1n) is 9.75. The van der Waals surface area contributed by atoms with E-state index in [1.807, 2.05) is 0 Å². The average molecular weight is 455 g/mol. The van der Waals surface area contributed by atoms with Crippen molar-refractivity contribution in [3.05, 3.63) is 18.2 Å². The van der Waals surface area contributed by atoms with Crippen molar-refractivity contribution >= 4 is 29.6 Å². The molecule has 1 aromatic rings. The van der Waals surface area contributed by atoms with Gasteiger partial charge in [0.05, 0.1) is 12.4 Å². The Hall–Kier alpha value is -3.52. The first-order valence-corrected chi connectivity index (χ1v) is 9.75. The summed E-state index contributed by atoms with van der Waals surface area (Å²) in [7, 11) is 0. The van der Waals surface area contributed by atoms with E-state index in [0.717, 1.165) is 0 Å². The van der Waals surface area contributed by atoms with Crippen LogP contribution in [0.15, 0.2) is 12.5 Å². The van der Waals surface area contributed by atoms with Gasteiger partial charge in [-0.05, 0) is 20.3 Å². The Bertz CT molecular complexity index is 813. The normalized spacial score (nSPS) is 15.5. The second-order valence-electron chi connectivity index (χ2n) is 7.24. The van der Waals surface area contributed by atoms with Crippen LogP contribution in [0.3, 0.4) is 0 Å². The molecule has 14 heteroatoms. The minimum Gasteiger partial charge on any atom is -0.480 e. The second kappa shape index (κ2) is 12.4. The molecule has 0 bridgehead atoms. The van der Waals surface area contributed by atoms with Crippen LogP contribution < -0.4 is 27.4 Å². The number of primary amides is 1. The van der Waals surface area contributed by atoms with Crippen LogP contribution in [0.25, 0.3) is 0 Å². The third kappa shape index (κ3) is 8.69. The van der Waals surface area contributed by atoms with Crippen LogP contribution >= 0.6 is 0 Å². The van der Waals surface area contributed by atoms with Crippen LogP contribution in [0.1, 0.15) is 32.4 Å². The van der Waals surface area contributed by atoms with Crippen LogP contribution in [0.2, 0.25) is 0 Å². The van der Waals surface area contributed by atoms with E-state index in [4.69, 9.17) is 16.6 Å². The Labute approximate surface area is 183 Å². The molecule has 0 aliphatic heterocycles. The molecule has 1 aromatic heterocycles. The first kappa shape index (κ1) is 26.5. The number of nitrogens with zero attached hydrogens (tertiary/aromatic N) is 1.